The van der Waals surface area contributed by atoms with Gasteiger partial charge in [0.15, 0.2) is 0 Å². The number of anilines is 1. The van der Waals surface area contributed by atoms with E-state index in [1.165, 1.54) is 24.3 Å². The molecular formula is C21H16ClNO3. The van der Waals surface area contributed by atoms with Crippen LogP contribution in [0.1, 0.15) is 22.8 Å². The number of allylic oxidation sites excluding steroid dienone is 1. The third kappa shape index (κ3) is 3.92. The second-order valence-corrected chi connectivity index (χ2v) is 6.31. The van der Waals surface area contributed by atoms with Gasteiger partial charge in [0.05, 0.1) is 11.3 Å². The van der Waals surface area contributed by atoms with E-state index in [4.69, 9.17) is 11.6 Å². The monoisotopic (exact) mass is 365 g/mol. The van der Waals surface area contributed by atoms with E-state index in [-0.39, 0.29) is 11.3 Å². The summed E-state index contributed by atoms with van der Waals surface area (Å²) in [5.74, 6) is -1.55. The Labute approximate surface area is 155 Å². The van der Waals surface area contributed by atoms with Crippen molar-refractivity contribution >= 4 is 45.5 Å². The Hall–Kier alpha value is -3.11. The molecule has 0 radical (unpaired) electrons. The van der Waals surface area contributed by atoms with Gasteiger partial charge >= 0.3 is 5.97 Å². The van der Waals surface area contributed by atoms with Crippen LogP contribution in [0.2, 0.25) is 5.02 Å². The fourth-order valence-electron chi connectivity index (χ4n) is 2.69. The van der Waals surface area contributed by atoms with E-state index in [9.17, 15) is 14.7 Å². The molecule has 0 spiro atoms. The fourth-order valence-corrected chi connectivity index (χ4v) is 2.86. The molecule has 0 heterocycles. The number of carboxylic acid groups (broad SMARTS) is 1. The third-order valence-corrected chi connectivity index (χ3v) is 4.26. The molecule has 0 atom stereocenters. The number of amides is 1. The van der Waals surface area contributed by atoms with Gasteiger partial charge in [0, 0.05) is 11.1 Å². The minimum absolute atomic E-state index is 0.0143. The molecule has 4 nitrogen and oxygen atoms in total. The zero-order chi connectivity index (χ0) is 18.7. The number of carbonyl (C=O) groups is 2. The maximum absolute atomic E-state index is 12.3. The van der Waals surface area contributed by atoms with Crippen LogP contribution in [0.4, 0.5) is 5.69 Å². The molecule has 5 heteroatoms. The van der Waals surface area contributed by atoms with Crippen molar-refractivity contribution in [3.63, 3.8) is 0 Å². The van der Waals surface area contributed by atoms with Crippen LogP contribution in [0.15, 0.2) is 66.7 Å². The number of halogens is 1. The molecule has 26 heavy (non-hydrogen) atoms. The van der Waals surface area contributed by atoms with Crippen LogP contribution >= 0.6 is 11.6 Å². The lowest BCUT2D eigenvalue weighted by atomic mass is 10.0. The smallest absolute Gasteiger partial charge is 0.337 e. The molecule has 130 valence electrons. The molecule has 0 aliphatic rings. The summed E-state index contributed by atoms with van der Waals surface area (Å²) in [6, 6.07) is 18.2. The highest BCUT2D eigenvalue weighted by molar-refractivity contribution is 6.31. The lowest BCUT2D eigenvalue weighted by Gasteiger charge is -2.08. The van der Waals surface area contributed by atoms with Crippen molar-refractivity contribution in [2.75, 3.05) is 5.32 Å². The average Bonchev–Trinajstić information content (AvgIpc) is 2.61. The average molecular weight is 366 g/mol. The third-order valence-electron chi connectivity index (χ3n) is 4.02. The first-order valence-corrected chi connectivity index (χ1v) is 8.33. The Morgan fingerprint density at radius 1 is 1.00 bits per heavy atom. The number of hydrogen-bond donors (Lipinski definition) is 2. The van der Waals surface area contributed by atoms with E-state index in [0.29, 0.717) is 5.02 Å². The molecule has 0 unspecified atom stereocenters. The summed E-state index contributed by atoms with van der Waals surface area (Å²) in [4.78, 5) is 23.6. The summed E-state index contributed by atoms with van der Waals surface area (Å²) < 4.78 is 0. The number of carboxylic acids is 1. The van der Waals surface area contributed by atoms with Gasteiger partial charge in [0.1, 0.15) is 0 Å². The fraction of sp³-hybridized carbons (Fsp3) is 0.0476. The van der Waals surface area contributed by atoms with Crippen LogP contribution in [0.3, 0.4) is 0 Å². The minimum atomic E-state index is -1.13. The second-order valence-electron chi connectivity index (χ2n) is 5.87. The Balaban J connectivity index is 1.86. The maximum atomic E-state index is 12.3. The van der Waals surface area contributed by atoms with Crippen LogP contribution in [-0.2, 0) is 4.79 Å². The molecule has 3 aromatic rings. The van der Waals surface area contributed by atoms with Gasteiger partial charge in [-0.15, -0.1) is 0 Å². The van der Waals surface area contributed by atoms with Gasteiger partial charge in [0.2, 0.25) is 5.91 Å². The van der Waals surface area contributed by atoms with E-state index in [2.05, 4.69) is 5.32 Å². The van der Waals surface area contributed by atoms with Crippen molar-refractivity contribution in [1.82, 2.24) is 0 Å². The lowest BCUT2D eigenvalue weighted by molar-refractivity contribution is -0.111. The van der Waals surface area contributed by atoms with Crippen molar-refractivity contribution in [3.8, 4) is 0 Å². The zero-order valence-corrected chi connectivity index (χ0v) is 14.7. The molecule has 0 saturated heterocycles. The van der Waals surface area contributed by atoms with Gasteiger partial charge in [-0.05, 0) is 53.1 Å². The van der Waals surface area contributed by atoms with Crippen molar-refractivity contribution < 1.29 is 14.7 Å². The van der Waals surface area contributed by atoms with Crippen LogP contribution in [0.25, 0.3) is 16.3 Å². The van der Waals surface area contributed by atoms with Gasteiger partial charge in [0.25, 0.3) is 0 Å². The van der Waals surface area contributed by atoms with Crippen LogP contribution in [0, 0.1) is 0 Å². The highest BCUT2D eigenvalue weighted by Crippen LogP contribution is 2.23. The first-order chi connectivity index (χ1) is 12.4. The standard InChI is InChI=1S/C21H16ClNO3/c1-13(15-7-6-14-4-2-3-5-16(14)11-15)10-20(24)23-19-12-17(22)8-9-18(19)21(25)26/h2-12H,1H3,(H,23,24)(H,25,26)/b13-10-. The summed E-state index contributed by atoms with van der Waals surface area (Å²) in [6.07, 6.45) is 1.44. The Morgan fingerprint density at radius 2 is 1.73 bits per heavy atom. The van der Waals surface area contributed by atoms with Gasteiger partial charge < -0.3 is 10.4 Å². The van der Waals surface area contributed by atoms with Gasteiger partial charge in [-0.2, -0.15) is 0 Å². The first kappa shape index (κ1) is 17.7. The van der Waals surface area contributed by atoms with E-state index in [1.807, 2.05) is 49.4 Å². The quantitative estimate of drug-likeness (QED) is 0.622. The summed E-state index contributed by atoms with van der Waals surface area (Å²) in [5, 5.41) is 14.4. The molecule has 0 aliphatic heterocycles. The molecule has 2 N–H and O–H groups in total. The van der Waals surface area contributed by atoms with Gasteiger partial charge in [-0.3, -0.25) is 4.79 Å². The topological polar surface area (TPSA) is 66.4 Å². The SMILES string of the molecule is C/C(=C/C(=O)Nc1cc(Cl)ccc1C(=O)O)c1ccc2ccccc2c1. The Bertz CT molecular complexity index is 1040. The second kappa shape index (κ2) is 7.42. The number of hydrogen-bond acceptors (Lipinski definition) is 2. The van der Waals surface area contributed by atoms with Crippen molar-refractivity contribution in [2.24, 2.45) is 0 Å². The molecule has 0 aromatic heterocycles. The van der Waals surface area contributed by atoms with E-state index in [0.717, 1.165) is 21.9 Å². The first-order valence-electron chi connectivity index (χ1n) is 7.95. The van der Waals surface area contributed by atoms with Crippen molar-refractivity contribution in [3.05, 3.63) is 82.9 Å². The van der Waals surface area contributed by atoms with Gasteiger partial charge in [-0.25, -0.2) is 4.79 Å². The molecular weight excluding hydrogens is 350 g/mol. The summed E-state index contributed by atoms with van der Waals surface area (Å²) in [6.45, 7) is 1.83. The summed E-state index contributed by atoms with van der Waals surface area (Å²) in [5.41, 5.74) is 1.84. The zero-order valence-electron chi connectivity index (χ0n) is 14.0. The normalized spacial score (nSPS) is 11.4. The number of carbonyl (C=O) groups excluding carboxylic acids is 1. The van der Waals surface area contributed by atoms with E-state index >= 15 is 0 Å². The number of nitrogens with one attached hydrogen (secondary N) is 1. The molecule has 0 saturated carbocycles. The van der Waals surface area contributed by atoms with Crippen LogP contribution in [0.5, 0.6) is 0 Å². The summed E-state index contributed by atoms with van der Waals surface area (Å²) in [7, 11) is 0. The van der Waals surface area contributed by atoms with E-state index in [1.54, 1.807) is 0 Å². The number of benzene rings is 3. The Morgan fingerprint density at radius 3 is 2.46 bits per heavy atom. The molecule has 1 amide bonds. The molecule has 3 aromatic carbocycles. The van der Waals surface area contributed by atoms with Crippen LogP contribution in [-0.4, -0.2) is 17.0 Å². The summed E-state index contributed by atoms with van der Waals surface area (Å²) >= 11 is 5.90. The number of aromatic carboxylic acids is 1. The highest BCUT2D eigenvalue weighted by atomic mass is 35.5. The molecule has 0 fully saturated rings. The van der Waals surface area contributed by atoms with Crippen molar-refractivity contribution in [1.29, 1.82) is 0 Å². The number of rotatable bonds is 4. The molecule has 3 rings (SSSR count). The van der Waals surface area contributed by atoms with Crippen LogP contribution < -0.4 is 5.32 Å². The largest absolute Gasteiger partial charge is 0.478 e. The van der Waals surface area contributed by atoms with Crippen molar-refractivity contribution in [2.45, 2.75) is 6.92 Å². The maximum Gasteiger partial charge on any atom is 0.337 e. The minimum Gasteiger partial charge on any atom is -0.478 e. The predicted octanol–water partition coefficient (Wildman–Crippen LogP) is 5.23. The molecule has 0 aliphatic carbocycles. The highest BCUT2D eigenvalue weighted by Gasteiger charge is 2.12. The Kier molecular flexibility index (Phi) is 5.05. The molecule has 0 bridgehead atoms. The van der Waals surface area contributed by atoms with Gasteiger partial charge in [-0.1, -0.05) is 48.0 Å². The van der Waals surface area contributed by atoms with E-state index < -0.39 is 11.9 Å². The predicted molar refractivity (Wildman–Crippen MR) is 105 cm³/mol. The number of fused-ring (bicyclic) bond motifs is 1. The lowest BCUT2D eigenvalue weighted by Crippen LogP contribution is -2.12.